The number of benzene rings is 1. The number of nitrogens with two attached hydrogens (primary N) is 1. The van der Waals surface area contributed by atoms with Gasteiger partial charge in [-0.2, -0.15) is 0 Å². The molecule has 78 valence electrons. The maximum atomic E-state index is 5.62. The Morgan fingerprint density at radius 2 is 2.00 bits per heavy atom. The maximum absolute atomic E-state index is 5.62. The van der Waals surface area contributed by atoms with E-state index in [2.05, 4.69) is 41.2 Å². The number of hydrogen-bond donors (Lipinski definition) is 2. The van der Waals surface area contributed by atoms with Crippen LogP contribution >= 0.6 is 0 Å². The van der Waals surface area contributed by atoms with E-state index in [0.29, 0.717) is 6.54 Å². The summed E-state index contributed by atoms with van der Waals surface area (Å²) >= 11 is 0. The van der Waals surface area contributed by atoms with Gasteiger partial charge in [0.1, 0.15) is 0 Å². The van der Waals surface area contributed by atoms with Gasteiger partial charge in [-0.05, 0) is 12.0 Å². The Kier molecular flexibility index (Phi) is 2.83. The highest BCUT2D eigenvalue weighted by Gasteiger charge is 2.05. The molecule has 2 rings (SSSR count). The van der Waals surface area contributed by atoms with E-state index < -0.39 is 0 Å². The Balaban J connectivity index is 2.37. The molecule has 3 heteroatoms. The van der Waals surface area contributed by atoms with Crippen molar-refractivity contribution in [1.29, 1.82) is 0 Å². The summed E-state index contributed by atoms with van der Waals surface area (Å²) in [5.74, 6) is 0. The molecule has 0 bridgehead atoms. The summed E-state index contributed by atoms with van der Waals surface area (Å²) in [6, 6.07) is 8.44. The molecule has 0 unspecified atom stereocenters. The predicted octanol–water partition coefficient (Wildman–Crippen LogP) is 2.10. The van der Waals surface area contributed by atoms with Crippen molar-refractivity contribution in [3.63, 3.8) is 0 Å². The van der Waals surface area contributed by atoms with Crippen LogP contribution in [0.15, 0.2) is 30.6 Å². The monoisotopic (exact) mass is 201 g/mol. The van der Waals surface area contributed by atoms with Crippen LogP contribution in [0.1, 0.15) is 18.2 Å². The first-order valence-electron chi connectivity index (χ1n) is 5.16. The Labute approximate surface area is 89.4 Å². The molecule has 0 aliphatic heterocycles. The molecule has 1 aromatic heterocycles. The van der Waals surface area contributed by atoms with Crippen LogP contribution in [0.2, 0.25) is 0 Å². The Morgan fingerprint density at radius 1 is 1.27 bits per heavy atom. The van der Waals surface area contributed by atoms with Gasteiger partial charge < -0.3 is 10.7 Å². The zero-order valence-corrected chi connectivity index (χ0v) is 8.83. The topological polar surface area (TPSA) is 54.7 Å². The molecule has 0 saturated heterocycles. The predicted molar refractivity (Wildman–Crippen MR) is 61.3 cm³/mol. The number of nitrogens with one attached hydrogen (secondary N) is 1. The van der Waals surface area contributed by atoms with Gasteiger partial charge in [0.25, 0.3) is 0 Å². The summed E-state index contributed by atoms with van der Waals surface area (Å²) in [5.41, 5.74) is 10.0. The molecular weight excluding hydrogens is 186 g/mol. The molecule has 0 atom stereocenters. The molecule has 15 heavy (non-hydrogen) atoms. The standard InChI is InChI=1S/C12H15N3/c1-2-9-3-5-10(6-4-9)12-11(7-13)14-8-15-12/h3-6,8H,2,7,13H2,1H3,(H,14,15). The van der Waals surface area contributed by atoms with Gasteiger partial charge in [0.15, 0.2) is 0 Å². The number of aromatic nitrogens is 2. The minimum Gasteiger partial charge on any atom is -0.347 e. The number of aryl methyl sites for hydroxylation is 1. The highest BCUT2D eigenvalue weighted by molar-refractivity contribution is 5.61. The average molecular weight is 201 g/mol. The fourth-order valence-corrected chi connectivity index (χ4v) is 1.62. The quantitative estimate of drug-likeness (QED) is 0.799. The molecule has 1 heterocycles. The van der Waals surface area contributed by atoms with E-state index in [4.69, 9.17) is 5.73 Å². The summed E-state index contributed by atoms with van der Waals surface area (Å²) in [6.07, 6.45) is 2.75. The first kappa shape index (κ1) is 9.93. The fourth-order valence-electron chi connectivity index (χ4n) is 1.62. The van der Waals surface area contributed by atoms with Crippen LogP contribution < -0.4 is 5.73 Å². The van der Waals surface area contributed by atoms with Gasteiger partial charge >= 0.3 is 0 Å². The second kappa shape index (κ2) is 4.28. The van der Waals surface area contributed by atoms with Crippen LogP contribution in [0.3, 0.4) is 0 Å². The highest BCUT2D eigenvalue weighted by atomic mass is 14.9. The Morgan fingerprint density at radius 3 is 2.60 bits per heavy atom. The molecule has 1 aromatic carbocycles. The van der Waals surface area contributed by atoms with Crippen LogP contribution in [-0.2, 0) is 13.0 Å². The van der Waals surface area contributed by atoms with Crippen molar-refractivity contribution in [2.24, 2.45) is 5.73 Å². The normalized spacial score (nSPS) is 10.5. The molecule has 0 saturated carbocycles. The van der Waals surface area contributed by atoms with Crippen LogP contribution in [0.4, 0.5) is 0 Å². The molecule has 0 aliphatic carbocycles. The summed E-state index contributed by atoms with van der Waals surface area (Å²) in [4.78, 5) is 7.32. The number of H-pyrrole nitrogens is 1. The van der Waals surface area contributed by atoms with E-state index >= 15 is 0 Å². The van der Waals surface area contributed by atoms with Gasteiger partial charge in [0.05, 0.1) is 17.7 Å². The van der Waals surface area contributed by atoms with Crippen molar-refractivity contribution in [3.05, 3.63) is 41.9 Å². The van der Waals surface area contributed by atoms with Crippen molar-refractivity contribution in [1.82, 2.24) is 9.97 Å². The van der Waals surface area contributed by atoms with Crippen LogP contribution in [0, 0.1) is 0 Å². The lowest BCUT2D eigenvalue weighted by Gasteiger charge is -2.02. The van der Waals surface area contributed by atoms with E-state index in [1.54, 1.807) is 6.33 Å². The van der Waals surface area contributed by atoms with E-state index in [9.17, 15) is 0 Å². The van der Waals surface area contributed by atoms with Crippen molar-refractivity contribution in [2.75, 3.05) is 0 Å². The summed E-state index contributed by atoms with van der Waals surface area (Å²) in [6.45, 7) is 2.64. The van der Waals surface area contributed by atoms with Gasteiger partial charge in [-0.25, -0.2) is 4.98 Å². The second-order valence-corrected chi connectivity index (χ2v) is 3.48. The molecule has 0 aliphatic rings. The highest BCUT2D eigenvalue weighted by Crippen LogP contribution is 2.20. The average Bonchev–Trinajstić information content (AvgIpc) is 2.77. The minimum absolute atomic E-state index is 0.491. The van der Waals surface area contributed by atoms with E-state index in [1.165, 1.54) is 5.56 Å². The van der Waals surface area contributed by atoms with Crippen molar-refractivity contribution < 1.29 is 0 Å². The van der Waals surface area contributed by atoms with Crippen molar-refractivity contribution in [2.45, 2.75) is 19.9 Å². The molecular formula is C12H15N3. The third-order valence-corrected chi connectivity index (χ3v) is 2.56. The van der Waals surface area contributed by atoms with Crippen LogP contribution in [0.5, 0.6) is 0 Å². The van der Waals surface area contributed by atoms with Gasteiger partial charge in [-0.15, -0.1) is 0 Å². The Hall–Kier alpha value is -1.61. The lowest BCUT2D eigenvalue weighted by molar-refractivity contribution is 1.01. The van der Waals surface area contributed by atoms with Crippen molar-refractivity contribution in [3.8, 4) is 11.3 Å². The zero-order valence-electron chi connectivity index (χ0n) is 8.83. The first-order valence-corrected chi connectivity index (χ1v) is 5.16. The molecule has 3 nitrogen and oxygen atoms in total. The van der Waals surface area contributed by atoms with E-state index in [-0.39, 0.29) is 0 Å². The molecule has 0 radical (unpaired) electrons. The van der Waals surface area contributed by atoms with Crippen molar-refractivity contribution >= 4 is 0 Å². The SMILES string of the molecule is CCc1ccc(-c2nc[nH]c2CN)cc1. The van der Waals surface area contributed by atoms with E-state index in [1.807, 2.05) is 0 Å². The number of imidazole rings is 1. The smallest absolute Gasteiger partial charge is 0.0929 e. The number of nitrogens with zero attached hydrogens (tertiary/aromatic N) is 1. The number of rotatable bonds is 3. The van der Waals surface area contributed by atoms with Gasteiger partial charge in [0.2, 0.25) is 0 Å². The first-order chi connectivity index (χ1) is 7.35. The second-order valence-electron chi connectivity index (χ2n) is 3.48. The largest absolute Gasteiger partial charge is 0.347 e. The number of aromatic amines is 1. The molecule has 3 N–H and O–H groups in total. The number of hydrogen-bond acceptors (Lipinski definition) is 2. The van der Waals surface area contributed by atoms with Crippen LogP contribution in [-0.4, -0.2) is 9.97 Å². The maximum Gasteiger partial charge on any atom is 0.0929 e. The van der Waals surface area contributed by atoms with Gasteiger partial charge in [0, 0.05) is 12.1 Å². The van der Waals surface area contributed by atoms with Gasteiger partial charge in [-0.1, -0.05) is 31.2 Å². The third kappa shape index (κ3) is 1.92. The van der Waals surface area contributed by atoms with E-state index in [0.717, 1.165) is 23.4 Å². The fraction of sp³-hybridized carbons (Fsp3) is 0.250. The molecule has 0 amide bonds. The lowest BCUT2D eigenvalue weighted by Crippen LogP contribution is -1.98. The minimum atomic E-state index is 0.491. The summed E-state index contributed by atoms with van der Waals surface area (Å²) < 4.78 is 0. The molecule has 2 aromatic rings. The van der Waals surface area contributed by atoms with Crippen LogP contribution in [0.25, 0.3) is 11.3 Å². The third-order valence-electron chi connectivity index (χ3n) is 2.56. The summed E-state index contributed by atoms with van der Waals surface area (Å²) in [5, 5.41) is 0. The summed E-state index contributed by atoms with van der Waals surface area (Å²) in [7, 11) is 0. The molecule has 0 fully saturated rings. The zero-order chi connectivity index (χ0) is 10.7. The Bertz CT molecular complexity index is 428. The van der Waals surface area contributed by atoms with Gasteiger partial charge in [-0.3, -0.25) is 0 Å². The molecule has 0 spiro atoms. The lowest BCUT2D eigenvalue weighted by atomic mass is 10.1.